The van der Waals surface area contributed by atoms with Crippen molar-refractivity contribution in [2.45, 2.75) is 70.6 Å². The van der Waals surface area contributed by atoms with Crippen LogP contribution in [0.25, 0.3) is 0 Å². The van der Waals surface area contributed by atoms with Crippen LogP contribution in [0.4, 0.5) is 0 Å². The largest absolute Gasteiger partial charge is 0.0585 e. The normalized spacial score (nSPS) is 20.2. The van der Waals surface area contributed by atoms with Crippen LogP contribution in [-0.4, -0.2) is 0 Å². The molecule has 1 fully saturated rings. The van der Waals surface area contributed by atoms with Crippen LogP contribution < -0.4 is 0 Å². The van der Waals surface area contributed by atoms with Gasteiger partial charge in [0.15, 0.2) is 0 Å². The molecule has 2 aliphatic carbocycles. The molecule has 0 heteroatoms. The van der Waals surface area contributed by atoms with E-state index < -0.39 is 0 Å². The molecule has 0 amide bonds. The zero-order valence-electron chi connectivity index (χ0n) is 11.5. The molecule has 1 aromatic carbocycles. The summed E-state index contributed by atoms with van der Waals surface area (Å²) in [7, 11) is 0. The third-order valence-electron chi connectivity index (χ3n) is 4.61. The Morgan fingerprint density at radius 2 is 1.76 bits per heavy atom. The van der Waals surface area contributed by atoms with E-state index in [1.807, 2.05) is 0 Å². The van der Waals surface area contributed by atoms with E-state index in [0.717, 1.165) is 5.92 Å². The summed E-state index contributed by atoms with van der Waals surface area (Å²) in [6.07, 6.45) is 8.27. The van der Waals surface area contributed by atoms with Gasteiger partial charge >= 0.3 is 0 Å². The van der Waals surface area contributed by atoms with Crippen LogP contribution in [0.2, 0.25) is 0 Å². The molecule has 0 nitrogen and oxygen atoms in total. The van der Waals surface area contributed by atoms with Crippen LogP contribution in [0.1, 0.15) is 74.6 Å². The summed E-state index contributed by atoms with van der Waals surface area (Å²) < 4.78 is 0. The molecule has 0 spiro atoms. The first-order chi connectivity index (χ1) is 8.07. The van der Waals surface area contributed by atoms with E-state index in [2.05, 4.69) is 32.9 Å². The molecule has 0 N–H and O–H groups in total. The first-order valence-electron chi connectivity index (χ1n) is 7.22. The van der Waals surface area contributed by atoms with Gasteiger partial charge in [-0.1, -0.05) is 39.3 Å². The van der Waals surface area contributed by atoms with Crippen LogP contribution in [0.15, 0.2) is 12.1 Å². The molecule has 3 rings (SSSR count). The Bertz CT molecular complexity index is 430. The Hall–Kier alpha value is -0.780. The predicted molar refractivity (Wildman–Crippen MR) is 73.8 cm³/mol. The number of fused-ring (bicyclic) bond motifs is 1. The van der Waals surface area contributed by atoms with Gasteiger partial charge in [-0.3, -0.25) is 0 Å². The molecule has 0 bridgehead atoms. The van der Waals surface area contributed by atoms with E-state index >= 15 is 0 Å². The number of hydrogen-bond acceptors (Lipinski definition) is 0. The van der Waals surface area contributed by atoms with Gasteiger partial charge in [0.1, 0.15) is 0 Å². The van der Waals surface area contributed by atoms with Crippen molar-refractivity contribution in [2.75, 3.05) is 0 Å². The molecule has 0 heterocycles. The minimum atomic E-state index is 0.320. The van der Waals surface area contributed by atoms with Crippen molar-refractivity contribution >= 4 is 0 Å². The van der Waals surface area contributed by atoms with Crippen molar-refractivity contribution in [3.63, 3.8) is 0 Å². The van der Waals surface area contributed by atoms with Gasteiger partial charge in [0.05, 0.1) is 0 Å². The van der Waals surface area contributed by atoms with Crippen molar-refractivity contribution in [2.24, 2.45) is 0 Å². The molecule has 2 aliphatic rings. The minimum Gasteiger partial charge on any atom is -0.0585 e. The summed E-state index contributed by atoms with van der Waals surface area (Å²) in [5.41, 5.74) is 7.06. The third-order valence-corrected chi connectivity index (χ3v) is 4.61. The standard InChI is InChI=1S/C17H24/c1-17(2,3)16-14-9-5-8-13(14)10-11-15(16)12-6-4-7-12/h10-12H,4-9H2,1-3H3. The maximum Gasteiger partial charge on any atom is -0.0126 e. The second-order valence-electron chi connectivity index (χ2n) is 6.90. The Kier molecular flexibility index (Phi) is 2.57. The fourth-order valence-electron chi connectivity index (χ4n) is 3.63. The van der Waals surface area contributed by atoms with Gasteiger partial charge in [-0.05, 0) is 65.7 Å². The van der Waals surface area contributed by atoms with Gasteiger partial charge in [-0.15, -0.1) is 0 Å². The van der Waals surface area contributed by atoms with Crippen molar-refractivity contribution < 1.29 is 0 Å². The summed E-state index contributed by atoms with van der Waals surface area (Å²) in [6, 6.07) is 4.87. The predicted octanol–water partition coefficient (Wildman–Crippen LogP) is 4.74. The smallest absolute Gasteiger partial charge is 0.0126 e. The molecular weight excluding hydrogens is 204 g/mol. The second kappa shape index (κ2) is 3.86. The summed E-state index contributed by atoms with van der Waals surface area (Å²) in [5.74, 6) is 0.870. The maximum absolute atomic E-state index is 2.45. The van der Waals surface area contributed by atoms with E-state index in [1.54, 1.807) is 22.3 Å². The van der Waals surface area contributed by atoms with E-state index in [-0.39, 0.29) is 0 Å². The Morgan fingerprint density at radius 1 is 1.00 bits per heavy atom. The van der Waals surface area contributed by atoms with Gasteiger partial charge in [0.25, 0.3) is 0 Å². The molecule has 0 unspecified atom stereocenters. The Labute approximate surface area is 105 Å². The van der Waals surface area contributed by atoms with Crippen LogP contribution in [0.3, 0.4) is 0 Å². The average molecular weight is 228 g/mol. The quantitative estimate of drug-likeness (QED) is 0.651. The lowest BCUT2D eigenvalue weighted by Crippen LogP contribution is -2.21. The zero-order valence-corrected chi connectivity index (χ0v) is 11.5. The van der Waals surface area contributed by atoms with Gasteiger partial charge in [-0.25, -0.2) is 0 Å². The highest BCUT2D eigenvalue weighted by Gasteiger charge is 2.30. The Morgan fingerprint density at radius 3 is 2.35 bits per heavy atom. The first-order valence-corrected chi connectivity index (χ1v) is 7.22. The SMILES string of the molecule is CC(C)(C)c1c(C2CCC2)ccc2c1CCC2. The fourth-order valence-corrected chi connectivity index (χ4v) is 3.63. The highest BCUT2D eigenvalue weighted by Crippen LogP contribution is 2.44. The summed E-state index contributed by atoms with van der Waals surface area (Å²) >= 11 is 0. The summed E-state index contributed by atoms with van der Waals surface area (Å²) in [6.45, 7) is 7.18. The van der Waals surface area contributed by atoms with E-state index in [0.29, 0.717) is 5.41 Å². The van der Waals surface area contributed by atoms with Crippen LogP contribution in [0.5, 0.6) is 0 Å². The number of benzene rings is 1. The average Bonchev–Trinajstić information content (AvgIpc) is 2.59. The lowest BCUT2D eigenvalue weighted by atomic mass is 9.71. The fraction of sp³-hybridized carbons (Fsp3) is 0.647. The molecular formula is C17H24. The highest BCUT2D eigenvalue weighted by atomic mass is 14.4. The van der Waals surface area contributed by atoms with Crippen molar-refractivity contribution in [3.8, 4) is 0 Å². The maximum atomic E-state index is 2.45. The third kappa shape index (κ3) is 1.82. The lowest BCUT2D eigenvalue weighted by molar-refractivity contribution is 0.409. The van der Waals surface area contributed by atoms with E-state index in [4.69, 9.17) is 0 Å². The Balaban J connectivity index is 2.15. The van der Waals surface area contributed by atoms with Crippen LogP contribution in [0, 0.1) is 0 Å². The van der Waals surface area contributed by atoms with E-state index in [9.17, 15) is 0 Å². The molecule has 1 saturated carbocycles. The number of aryl methyl sites for hydroxylation is 1. The minimum absolute atomic E-state index is 0.320. The van der Waals surface area contributed by atoms with Gasteiger partial charge in [0.2, 0.25) is 0 Å². The first kappa shape index (κ1) is 11.3. The van der Waals surface area contributed by atoms with E-state index in [1.165, 1.54) is 38.5 Å². The van der Waals surface area contributed by atoms with Crippen molar-refractivity contribution in [3.05, 3.63) is 34.4 Å². The molecule has 92 valence electrons. The molecule has 0 aliphatic heterocycles. The molecule has 0 saturated heterocycles. The molecule has 0 radical (unpaired) electrons. The molecule has 17 heavy (non-hydrogen) atoms. The van der Waals surface area contributed by atoms with Gasteiger partial charge < -0.3 is 0 Å². The zero-order chi connectivity index (χ0) is 12.0. The van der Waals surface area contributed by atoms with Crippen molar-refractivity contribution in [1.82, 2.24) is 0 Å². The lowest BCUT2D eigenvalue weighted by Gasteiger charge is -2.34. The highest BCUT2D eigenvalue weighted by molar-refractivity contribution is 5.49. The second-order valence-corrected chi connectivity index (χ2v) is 6.90. The summed E-state index contributed by atoms with van der Waals surface area (Å²) in [4.78, 5) is 0. The molecule has 0 atom stereocenters. The van der Waals surface area contributed by atoms with Crippen molar-refractivity contribution in [1.29, 1.82) is 0 Å². The topological polar surface area (TPSA) is 0 Å². The number of rotatable bonds is 1. The monoisotopic (exact) mass is 228 g/mol. The van der Waals surface area contributed by atoms with Gasteiger partial charge in [0, 0.05) is 0 Å². The number of hydrogen-bond donors (Lipinski definition) is 0. The molecule has 0 aromatic heterocycles. The van der Waals surface area contributed by atoms with Crippen LogP contribution in [-0.2, 0) is 18.3 Å². The van der Waals surface area contributed by atoms with Gasteiger partial charge in [-0.2, -0.15) is 0 Å². The molecule has 1 aromatic rings. The summed E-state index contributed by atoms with van der Waals surface area (Å²) in [5, 5.41) is 0. The van der Waals surface area contributed by atoms with Crippen LogP contribution >= 0.6 is 0 Å².